The van der Waals surface area contributed by atoms with Crippen LogP contribution in [0.4, 0.5) is 25.0 Å². The number of methoxy groups -OCH3 is 2. The molecule has 1 aromatic heterocycles. The molecule has 0 aliphatic carbocycles. The summed E-state index contributed by atoms with van der Waals surface area (Å²) >= 11 is 0. The summed E-state index contributed by atoms with van der Waals surface area (Å²) in [7, 11) is 3.13. The first kappa shape index (κ1) is 21.8. The first-order chi connectivity index (χ1) is 16.0. The predicted octanol–water partition coefficient (Wildman–Crippen LogP) is 4.87. The van der Waals surface area contributed by atoms with Crippen molar-refractivity contribution in [2.45, 2.75) is 0 Å². The average molecular weight is 451 g/mol. The van der Waals surface area contributed by atoms with Crippen LogP contribution in [0.15, 0.2) is 66.9 Å². The molecule has 33 heavy (non-hydrogen) atoms. The molecule has 2 N–H and O–H groups in total. The first-order valence-corrected chi connectivity index (χ1v) is 9.75. The highest BCUT2D eigenvalue weighted by atomic mass is 19.1. The normalized spacial score (nSPS) is 10.5. The molecular formula is C23H19F2N5O3. The van der Waals surface area contributed by atoms with Gasteiger partial charge in [-0.25, -0.2) is 18.3 Å². The molecule has 0 radical (unpaired) electrons. The van der Waals surface area contributed by atoms with Gasteiger partial charge in [-0.1, -0.05) is 5.21 Å². The van der Waals surface area contributed by atoms with E-state index in [1.165, 1.54) is 0 Å². The maximum absolute atomic E-state index is 13.7. The Bertz CT molecular complexity index is 1290. The van der Waals surface area contributed by atoms with Crippen LogP contribution in [-0.4, -0.2) is 35.2 Å². The van der Waals surface area contributed by atoms with Crippen LogP contribution < -0.4 is 20.1 Å². The van der Waals surface area contributed by atoms with Gasteiger partial charge in [0.15, 0.2) is 11.5 Å². The van der Waals surface area contributed by atoms with E-state index in [0.717, 1.165) is 17.7 Å². The summed E-state index contributed by atoms with van der Waals surface area (Å²) in [6.07, 6.45) is 1.76. The van der Waals surface area contributed by atoms with Crippen molar-refractivity contribution in [3.8, 4) is 28.4 Å². The number of ether oxygens (including phenoxy) is 2. The van der Waals surface area contributed by atoms with Gasteiger partial charge in [0.25, 0.3) is 0 Å². The highest BCUT2D eigenvalue weighted by molar-refractivity contribution is 5.99. The van der Waals surface area contributed by atoms with E-state index >= 15 is 0 Å². The molecule has 0 unspecified atom stereocenters. The number of benzene rings is 3. The number of nitrogens with zero attached hydrogens (tertiary/aromatic N) is 3. The molecule has 4 aromatic rings. The van der Waals surface area contributed by atoms with Crippen LogP contribution in [-0.2, 0) is 0 Å². The van der Waals surface area contributed by atoms with E-state index < -0.39 is 17.7 Å². The van der Waals surface area contributed by atoms with Crippen molar-refractivity contribution in [1.29, 1.82) is 0 Å². The van der Waals surface area contributed by atoms with E-state index in [1.54, 1.807) is 55.4 Å². The second kappa shape index (κ2) is 9.35. The zero-order valence-corrected chi connectivity index (χ0v) is 17.7. The standard InChI is InChI=1S/C23H19F2N5O3/c1-32-21-10-3-14(11-22(21)33-2)20-13-30(29-28-20)17-7-5-16(6-8-17)26-23(31)27-19-9-4-15(24)12-18(19)25/h3-13H,1-2H3,(H2,26,27,31). The van der Waals surface area contributed by atoms with Crippen molar-refractivity contribution in [1.82, 2.24) is 15.0 Å². The summed E-state index contributed by atoms with van der Waals surface area (Å²) in [6, 6.07) is 14.5. The fourth-order valence-corrected chi connectivity index (χ4v) is 3.09. The SMILES string of the molecule is COc1ccc(-c2cn(-c3ccc(NC(=O)Nc4ccc(F)cc4F)cc3)nn2)cc1OC. The van der Waals surface area contributed by atoms with Crippen LogP contribution >= 0.6 is 0 Å². The second-order valence-corrected chi connectivity index (χ2v) is 6.87. The number of nitrogens with one attached hydrogen (secondary N) is 2. The Hall–Kier alpha value is -4.47. The minimum Gasteiger partial charge on any atom is -0.493 e. The number of hydrogen-bond donors (Lipinski definition) is 2. The monoisotopic (exact) mass is 451 g/mol. The van der Waals surface area contributed by atoms with Crippen LogP contribution in [0, 0.1) is 11.6 Å². The maximum atomic E-state index is 13.7. The predicted molar refractivity (Wildman–Crippen MR) is 119 cm³/mol. The summed E-state index contributed by atoms with van der Waals surface area (Å²) in [5, 5.41) is 13.3. The number of amides is 2. The first-order valence-electron chi connectivity index (χ1n) is 9.75. The molecule has 0 saturated carbocycles. The molecule has 0 aliphatic heterocycles. The van der Waals surface area contributed by atoms with E-state index in [2.05, 4.69) is 20.9 Å². The van der Waals surface area contributed by atoms with Crippen molar-refractivity contribution in [2.24, 2.45) is 0 Å². The topological polar surface area (TPSA) is 90.3 Å². The Morgan fingerprint density at radius 1 is 0.909 bits per heavy atom. The Kier molecular flexibility index (Phi) is 6.16. The molecule has 168 valence electrons. The fraction of sp³-hybridized carbons (Fsp3) is 0.0870. The third-order valence-corrected chi connectivity index (χ3v) is 4.74. The number of rotatable bonds is 6. The smallest absolute Gasteiger partial charge is 0.323 e. The van der Waals surface area contributed by atoms with E-state index in [-0.39, 0.29) is 5.69 Å². The van der Waals surface area contributed by atoms with Crippen molar-refractivity contribution >= 4 is 17.4 Å². The summed E-state index contributed by atoms with van der Waals surface area (Å²) < 4.78 is 38.8. The number of aromatic nitrogens is 3. The van der Waals surface area contributed by atoms with Gasteiger partial charge in [-0.05, 0) is 54.6 Å². The number of anilines is 2. The van der Waals surface area contributed by atoms with E-state index in [0.29, 0.717) is 34.6 Å². The molecule has 0 spiro atoms. The molecule has 0 saturated heterocycles. The molecular weight excluding hydrogens is 432 g/mol. The summed E-state index contributed by atoms with van der Waals surface area (Å²) in [5.41, 5.74) is 2.50. The van der Waals surface area contributed by atoms with Crippen molar-refractivity contribution in [3.63, 3.8) is 0 Å². The van der Waals surface area contributed by atoms with Crippen molar-refractivity contribution < 1.29 is 23.0 Å². The van der Waals surface area contributed by atoms with E-state index in [9.17, 15) is 13.6 Å². The molecule has 0 aliphatic rings. The number of urea groups is 1. The van der Waals surface area contributed by atoms with E-state index in [1.807, 2.05) is 12.1 Å². The lowest BCUT2D eigenvalue weighted by Crippen LogP contribution is -2.20. The van der Waals surface area contributed by atoms with Gasteiger partial charge in [0.05, 0.1) is 31.8 Å². The quantitative estimate of drug-likeness (QED) is 0.436. The molecule has 0 atom stereocenters. The molecule has 1 heterocycles. The maximum Gasteiger partial charge on any atom is 0.323 e. The van der Waals surface area contributed by atoms with Crippen LogP contribution in [0.3, 0.4) is 0 Å². The minimum absolute atomic E-state index is 0.129. The Balaban J connectivity index is 1.44. The molecule has 2 amide bonds. The molecule has 8 nitrogen and oxygen atoms in total. The molecule has 4 rings (SSSR count). The lowest BCUT2D eigenvalue weighted by molar-refractivity contribution is 0.262. The average Bonchev–Trinajstić information content (AvgIpc) is 3.31. The number of carbonyl (C=O) groups excluding carboxylic acids is 1. The third kappa shape index (κ3) is 4.90. The zero-order valence-electron chi connectivity index (χ0n) is 17.7. The van der Waals surface area contributed by atoms with Crippen molar-refractivity contribution in [2.75, 3.05) is 24.9 Å². The van der Waals surface area contributed by atoms with Gasteiger partial charge >= 0.3 is 6.03 Å². The van der Waals surface area contributed by atoms with Gasteiger partial charge in [-0.3, -0.25) is 0 Å². The van der Waals surface area contributed by atoms with Crippen LogP contribution in [0.5, 0.6) is 11.5 Å². The van der Waals surface area contributed by atoms with Gasteiger partial charge in [-0.2, -0.15) is 0 Å². The van der Waals surface area contributed by atoms with Crippen LogP contribution in [0.25, 0.3) is 16.9 Å². The summed E-state index contributed by atoms with van der Waals surface area (Å²) in [4.78, 5) is 12.1. The third-order valence-electron chi connectivity index (χ3n) is 4.74. The van der Waals surface area contributed by atoms with Crippen molar-refractivity contribution in [3.05, 3.63) is 78.5 Å². The molecule has 0 bridgehead atoms. The van der Waals surface area contributed by atoms with Gasteiger partial charge in [0, 0.05) is 17.3 Å². The minimum atomic E-state index is -0.864. The lowest BCUT2D eigenvalue weighted by atomic mass is 10.1. The highest BCUT2D eigenvalue weighted by Gasteiger charge is 2.11. The lowest BCUT2D eigenvalue weighted by Gasteiger charge is -2.09. The van der Waals surface area contributed by atoms with E-state index in [4.69, 9.17) is 9.47 Å². The summed E-state index contributed by atoms with van der Waals surface area (Å²) in [6.45, 7) is 0. The molecule has 0 fully saturated rings. The fourth-order valence-electron chi connectivity index (χ4n) is 3.09. The number of halogens is 2. The molecule has 3 aromatic carbocycles. The largest absolute Gasteiger partial charge is 0.493 e. The van der Waals surface area contributed by atoms with Gasteiger partial charge in [0.1, 0.15) is 17.3 Å². The molecule has 10 heteroatoms. The van der Waals surface area contributed by atoms with Crippen LogP contribution in [0.1, 0.15) is 0 Å². The Labute approximate surface area is 187 Å². The summed E-state index contributed by atoms with van der Waals surface area (Å²) in [5.74, 6) is -0.393. The van der Waals surface area contributed by atoms with Crippen LogP contribution in [0.2, 0.25) is 0 Å². The zero-order chi connectivity index (χ0) is 23.4. The van der Waals surface area contributed by atoms with Gasteiger partial charge < -0.3 is 20.1 Å². The highest BCUT2D eigenvalue weighted by Crippen LogP contribution is 2.31. The number of hydrogen-bond acceptors (Lipinski definition) is 5. The number of carbonyl (C=O) groups is 1. The second-order valence-electron chi connectivity index (χ2n) is 6.87. The van der Waals surface area contributed by atoms with Gasteiger partial charge in [-0.15, -0.1) is 5.10 Å². The Morgan fingerprint density at radius 3 is 2.36 bits per heavy atom. The Morgan fingerprint density at radius 2 is 1.67 bits per heavy atom. The van der Waals surface area contributed by atoms with Gasteiger partial charge in [0.2, 0.25) is 0 Å².